The van der Waals surface area contributed by atoms with E-state index < -0.39 is 22.6 Å². The quantitative estimate of drug-likeness (QED) is 0.403. The number of carbonyl (C=O) groups excluding carboxylic acids is 3. The molecule has 0 aliphatic carbocycles. The van der Waals surface area contributed by atoms with Gasteiger partial charge in [0.05, 0.1) is 23.2 Å². The molecule has 3 fully saturated rings. The maximum Gasteiger partial charge on any atom is 0.247 e. The van der Waals surface area contributed by atoms with Gasteiger partial charge in [-0.1, -0.05) is 72.8 Å². The molecule has 5 rings (SSSR count). The summed E-state index contributed by atoms with van der Waals surface area (Å²) in [6.07, 6.45) is 4.88. The number of β-amino-alcohol motifs (C(OH)–C–C–N with tert-alkyl or cyclic N) is 1. The van der Waals surface area contributed by atoms with E-state index in [4.69, 9.17) is 0 Å². The summed E-state index contributed by atoms with van der Waals surface area (Å²) < 4.78 is -0.697. The molecule has 2 aromatic carbocycles. The molecule has 2 unspecified atom stereocenters. The largest absolute Gasteiger partial charge is 0.395 e. The smallest absolute Gasteiger partial charge is 0.247 e. The Bertz CT molecular complexity index is 1260. The molecule has 2 aromatic rings. The van der Waals surface area contributed by atoms with Crippen LogP contribution in [-0.2, 0) is 27.5 Å². The van der Waals surface area contributed by atoms with E-state index in [2.05, 4.69) is 13.2 Å². The standard InChI is InChI=1S/C32H37N3O4S/c1-3-17-33(21-23-11-7-5-8-12-23)29(37)26-25-15-16-32(40-25)27(26)30(38)35(19-20-36)28(32)31(39)34(18-4-2)22-24-13-9-6-10-14-24/h3-14,25-28,36H,1-2,15-22H2/t25-,26+,27+,28?,32?/m1/s1. The van der Waals surface area contributed by atoms with E-state index in [1.807, 2.05) is 60.7 Å². The number of aliphatic hydroxyl groups is 1. The van der Waals surface area contributed by atoms with Crippen molar-refractivity contribution in [2.45, 2.75) is 42.0 Å². The lowest BCUT2D eigenvalue weighted by atomic mass is 9.70. The van der Waals surface area contributed by atoms with Gasteiger partial charge in [-0.25, -0.2) is 0 Å². The Morgan fingerprint density at radius 3 is 2.02 bits per heavy atom. The summed E-state index contributed by atoms with van der Waals surface area (Å²) in [5.41, 5.74) is 2.00. The molecule has 8 heteroatoms. The molecule has 40 heavy (non-hydrogen) atoms. The first-order chi connectivity index (χ1) is 19.4. The third-order valence-corrected chi connectivity index (χ3v) is 10.4. The zero-order valence-corrected chi connectivity index (χ0v) is 23.5. The highest BCUT2D eigenvalue weighted by Gasteiger charge is 2.74. The van der Waals surface area contributed by atoms with Gasteiger partial charge < -0.3 is 19.8 Å². The van der Waals surface area contributed by atoms with Crippen molar-refractivity contribution in [2.75, 3.05) is 26.2 Å². The minimum absolute atomic E-state index is 0.0295. The molecule has 7 nitrogen and oxygen atoms in total. The third kappa shape index (κ3) is 4.99. The fourth-order valence-electron chi connectivity index (χ4n) is 6.83. The molecule has 5 atom stereocenters. The maximum absolute atomic E-state index is 14.3. The minimum Gasteiger partial charge on any atom is -0.395 e. The van der Waals surface area contributed by atoms with Gasteiger partial charge in [0.1, 0.15) is 6.04 Å². The first kappa shape index (κ1) is 28.2. The normalized spacial score (nSPS) is 26.4. The topological polar surface area (TPSA) is 81.2 Å². The van der Waals surface area contributed by atoms with E-state index in [-0.39, 0.29) is 36.1 Å². The molecule has 3 heterocycles. The summed E-state index contributed by atoms with van der Waals surface area (Å²) in [4.78, 5) is 47.7. The summed E-state index contributed by atoms with van der Waals surface area (Å²) in [6, 6.07) is 18.8. The number of hydrogen-bond acceptors (Lipinski definition) is 5. The summed E-state index contributed by atoms with van der Waals surface area (Å²) in [6.45, 7) is 9.08. The molecule has 3 aliphatic rings. The number of hydrogen-bond donors (Lipinski definition) is 1. The van der Waals surface area contributed by atoms with Gasteiger partial charge in [0, 0.05) is 38.0 Å². The summed E-state index contributed by atoms with van der Waals surface area (Å²) in [5.74, 6) is -1.53. The molecule has 3 saturated heterocycles. The van der Waals surface area contributed by atoms with Crippen LogP contribution in [0.2, 0.25) is 0 Å². The van der Waals surface area contributed by atoms with Gasteiger partial charge >= 0.3 is 0 Å². The molecule has 1 spiro atoms. The maximum atomic E-state index is 14.3. The SMILES string of the molecule is C=CCN(Cc1ccccc1)C(=O)C1N(CCO)C(=O)[C@@H]2[C@@H](C(=O)N(CC=C)Cc3ccccc3)[C@H]3CCC12S3. The molecular weight excluding hydrogens is 522 g/mol. The van der Waals surface area contributed by atoms with E-state index in [9.17, 15) is 19.5 Å². The molecule has 0 aromatic heterocycles. The van der Waals surface area contributed by atoms with E-state index in [0.717, 1.165) is 17.5 Å². The lowest BCUT2D eigenvalue weighted by molar-refractivity contribution is -0.145. The first-order valence-electron chi connectivity index (χ1n) is 13.9. The van der Waals surface area contributed by atoms with Crippen LogP contribution in [0.4, 0.5) is 0 Å². The van der Waals surface area contributed by atoms with Gasteiger partial charge in [-0.15, -0.1) is 24.9 Å². The number of rotatable bonds is 12. The molecule has 3 aliphatic heterocycles. The Balaban J connectivity index is 1.47. The predicted molar refractivity (Wildman–Crippen MR) is 157 cm³/mol. The number of thioether (sulfide) groups is 1. The van der Waals surface area contributed by atoms with Gasteiger partial charge in [0.25, 0.3) is 0 Å². The van der Waals surface area contributed by atoms with Gasteiger partial charge in [0.15, 0.2) is 0 Å². The van der Waals surface area contributed by atoms with Crippen molar-refractivity contribution < 1.29 is 19.5 Å². The fourth-order valence-corrected chi connectivity index (χ4v) is 9.04. The zero-order valence-electron chi connectivity index (χ0n) is 22.7. The number of aliphatic hydroxyl groups excluding tert-OH is 1. The Hall–Kier alpha value is -3.36. The molecule has 2 bridgehead atoms. The second-order valence-corrected chi connectivity index (χ2v) is 12.4. The monoisotopic (exact) mass is 559 g/mol. The number of fused-ring (bicyclic) bond motifs is 1. The van der Waals surface area contributed by atoms with Crippen LogP contribution in [0.15, 0.2) is 86.0 Å². The van der Waals surface area contributed by atoms with E-state index in [1.54, 1.807) is 38.6 Å². The highest BCUT2D eigenvalue weighted by Crippen LogP contribution is 2.66. The van der Waals surface area contributed by atoms with E-state index in [0.29, 0.717) is 32.6 Å². The zero-order chi connectivity index (χ0) is 28.3. The molecule has 0 saturated carbocycles. The minimum atomic E-state index is -0.740. The first-order valence-corrected chi connectivity index (χ1v) is 14.8. The third-order valence-electron chi connectivity index (χ3n) is 8.41. The van der Waals surface area contributed by atoms with Crippen LogP contribution in [0.5, 0.6) is 0 Å². The molecule has 210 valence electrons. The lowest BCUT2D eigenvalue weighted by Gasteiger charge is -2.37. The molecular formula is C32H37N3O4S. The van der Waals surface area contributed by atoms with Crippen LogP contribution in [0.25, 0.3) is 0 Å². The second-order valence-electron chi connectivity index (χ2n) is 10.8. The number of amides is 3. The highest BCUT2D eigenvalue weighted by atomic mass is 32.2. The van der Waals surface area contributed by atoms with Crippen molar-refractivity contribution in [3.05, 3.63) is 97.1 Å². The van der Waals surface area contributed by atoms with Gasteiger partial charge in [0.2, 0.25) is 17.7 Å². The van der Waals surface area contributed by atoms with Crippen molar-refractivity contribution in [3.63, 3.8) is 0 Å². The van der Waals surface area contributed by atoms with Crippen molar-refractivity contribution in [1.29, 1.82) is 0 Å². The summed E-state index contributed by atoms with van der Waals surface area (Å²) in [7, 11) is 0. The van der Waals surface area contributed by atoms with Crippen LogP contribution < -0.4 is 0 Å². The van der Waals surface area contributed by atoms with Crippen LogP contribution in [-0.4, -0.2) is 79.8 Å². The van der Waals surface area contributed by atoms with Gasteiger partial charge in [-0.05, 0) is 24.0 Å². The Morgan fingerprint density at radius 1 is 0.950 bits per heavy atom. The van der Waals surface area contributed by atoms with Crippen molar-refractivity contribution in [1.82, 2.24) is 14.7 Å². The predicted octanol–water partition coefficient (Wildman–Crippen LogP) is 3.50. The summed E-state index contributed by atoms with van der Waals surface area (Å²) >= 11 is 1.65. The van der Waals surface area contributed by atoms with Crippen LogP contribution in [0.3, 0.4) is 0 Å². The molecule has 1 N–H and O–H groups in total. The van der Waals surface area contributed by atoms with Crippen LogP contribution in [0.1, 0.15) is 24.0 Å². The Morgan fingerprint density at radius 2 is 1.50 bits per heavy atom. The fraction of sp³-hybridized carbons (Fsp3) is 0.406. The van der Waals surface area contributed by atoms with E-state index >= 15 is 0 Å². The highest BCUT2D eigenvalue weighted by molar-refractivity contribution is 8.02. The van der Waals surface area contributed by atoms with Crippen LogP contribution in [0, 0.1) is 11.8 Å². The van der Waals surface area contributed by atoms with Crippen molar-refractivity contribution >= 4 is 29.5 Å². The van der Waals surface area contributed by atoms with Crippen molar-refractivity contribution in [2.24, 2.45) is 11.8 Å². The second kappa shape index (κ2) is 12.0. The number of benzene rings is 2. The lowest BCUT2D eigenvalue weighted by Crippen LogP contribution is -2.55. The number of likely N-dealkylation sites (tertiary alicyclic amines) is 1. The van der Waals surface area contributed by atoms with Crippen LogP contribution >= 0.6 is 11.8 Å². The number of nitrogens with zero attached hydrogens (tertiary/aromatic N) is 3. The molecule has 3 amide bonds. The van der Waals surface area contributed by atoms with Gasteiger partial charge in [-0.2, -0.15) is 0 Å². The van der Waals surface area contributed by atoms with E-state index in [1.165, 1.54) is 0 Å². The number of carbonyl (C=O) groups is 3. The van der Waals surface area contributed by atoms with Crippen molar-refractivity contribution in [3.8, 4) is 0 Å². The molecule has 0 radical (unpaired) electrons. The Labute approximate surface area is 240 Å². The van der Waals surface area contributed by atoms with Gasteiger partial charge in [-0.3, -0.25) is 14.4 Å². The average Bonchev–Trinajstić information content (AvgIpc) is 3.61. The summed E-state index contributed by atoms with van der Waals surface area (Å²) in [5, 5.41) is 9.89. The average molecular weight is 560 g/mol. The Kier molecular flexibility index (Phi) is 8.47.